The first kappa shape index (κ1) is 16.7. The Bertz CT molecular complexity index is 1230. The summed E-state index contributed by atoms with van der Waals surface area (Å²) in [7, 11) is 0. The molecule has 0 saturated carbocycles. The fourth-order valence-corrected chi connectivity index (χ4v) is 4.40. The van der Waals surface area contributed by atoms with Gasteiger partial charge in [-0.3, -0.25) is 0 Å². The lowest BCUT2D eigenvalue weighted by Crippen LogP contribution is -1.87. The number of para-hydroxylation sites is 1. The quantitative estimate of drug-likeness (QED) is 0.366. The summed E-state index contributed by atoms with van der Waals surface area (Å²) in [5.74, 6) is 0.268. The van der Waals surface area contributed by atoms with Crippen molar-refractivity contribution in [2.24, 2.45) is 0 Å². The van der Waals surface area contributed by atoms with Crippen molar-refractivity contribution < 1.29 is 5.11 Å². The maximum atomic E-state index is 11.2. The minimum absolute atomic E-state index is 0.268. The van der Waals surface area contributed by atoms with Gasteiger partial charge in [0.05, 0.1) is 15.8 Å². The summed E-state index contributed by atoms with van der Waals surface area (Å²) in [6.45, 7) is 0. The molecular weight excluding hydrogens is 362 g/mol. The molecule has 5 aromatic rings. The zero-order chi connectivity index (χ0) is 18.9. The first-order valence-corrected chi connectivity index (χ1v) is 9.95. The van der Waals surface area contributed by atoms with Crippen molar-refractivity contribution in [2.75, 3.05) is 0 Å². The average molecular weight is 379 g/mol. The Morgan fingerprint density at radius 2 is 1.21 bits per heavy atom. The van der Waals surface area contributed by atoms with E-state index in [4.69, 9.17) is 4.98 Å². The van der Waals surface area contributed by atoms with E-state index in [0.29, 0.717) is 0 Å². The van der Waals surface area contributed by atoms with Gasteiger partial charge >= 0.3 is 0 Å². The predicted molar refractivity (Wildman–Crippen MR) is 118 cm³/mol. The van der Waals surface area contributed by atoms with Crippen LogP contribution in [0.15, 0.2) is 97.1 Å². The second-order valence-electron chi connectivity index (χ2n) is 6.64. The number of thiazole rings is 1. The van der Waals surface area contributed by atoms with E-state index in [1.807, 2.05) is 72.8 Å². The maximum Gasteiger partial charge on any atom is 0.133 e. The Morgan fingerprint density at radius 1 is 0.607 bits per heavy atom. The number of nitrogens with zero attached hydrogens (tertiary/aromatic N) is 1. The van der Waals surface area contributed by atoms with Crippen LogP contribution in [0.2, 0.25) is 0 Å². The zero-order valence-electron chi connectivity index (χ0n) is 15.0. The number of aromatic nitrogens is 1. The van der Waals surface area contributed by atoms with E-state index in [-0.39, 0.29) is 5.75 Å². The summed E-state index contributed by atoms with van der Waals surface area (Å²) in [4.78, 5) is 4.77. The molecule has 0 aliphatic rings. The van der Waals surface area contributed by atoms with E-state index in [9.17, 15) is 5.11 Å². The molecule has 2 nitrogen and oxygen atoms in total. The molecule has 0 radical (unpaired) electrons. The van der Waals surface area contributed by atoms with Crippen molar-refractivity contribution in [1.82, 2.24) is 4.98 Å². The predicted octanol–water partition coefficient (Wildman–Crippen LogP) is 7.00. The first-order valence-electron chi connectivity index (χ1n) is 9.13. The van der Waals surface area contributed by atoms with E-state index in [1.165, 1.54) is 0 Å². The lowest BCUT2D eigenvalue weighted by atomic mass is 9.95. The lowest BCUT2D eigenvalue weighted by molar-refractivity contribution is 0.479. The molecule has 0 unspecified atom stereocenters. The summed E-state index contributed by atoms with van der Waals surface area (Å²) < 4.78 is 1.11. The number of rotatable bonds is 3. The number of phenolic OH excluding ortho intramolecular Hbond substituents is 1. The van der Waals surface area contributed by atoms with Gasteiger partial charge in [-0.1, -0.05) is 72.8 Å². The van der Waals surface area contributed by atoms with Gasteiger partial charge < -0.3 is 5.11 Å². The number of hydrogen-bond acceptors (Lipinski definition) is 3. The summed E-state index contributed by atoms with van der Waals surface area (Å²) in [5, 5.41) is 12.0. The van der Waals surface area contributed by atoms with Crippen molar-refractivity contribution in [2.45, 2.75) is 0 Å². The molecule has 5 rings (SSSR count). The Balaban J connectivity index is 1.78. The maximum absolute atomic E-state index is 11.2. The van der Waals surface area contributed by atoms with Crippen molar-refractivity contribution in [3.8, 4) is 38.6 Å². The van der Waals surface area contributed by atoms with Crippen LogP contribution < -0.4 is 0 Å². The van der Waals surface area contributed by atoms with Crippen molar-refractivity contribution >= 4 is 21.6 Å². The average Bonchev–Trinajstić information content (AvgIpc) is 3.19. The van der Waals surface area contributed by atoms with Crippen LogP contribution in [-0.2, 0) is 0 Å². The Kier molecular flexibility index (Phi) is 4.15. The molecule has 1 heterocycles. The van der Waals surface area contributed by atoms with Crippen LogP contribution in [0.4, 0.5) is 0 Å². The van der Waals surface area contributed by atoms with Gasteiger partial charge in [0.2, 0.25) is 0 Å². The van der Waals surface area contributed by atoms with Crippen molar-refractivity contribution in [3.63, 3.8) is 0 Å². The molecule has 0 saturated heterocycles. The molecule has 0 aliphatic heterocycles. The third-order valence-electron chi connectivity index (χ3n) is 4.83. The van der Waals surface area contributed by atoms with Gasteiger partial charge in [-0.25, -0.2) is 4.98 Å². The van der Waals surface area contributed by atoms with Gasteiger partial charge in [0.15, 0.2) is 0 Å². The number of fused-ring (bicyclic) bond motifs is 1. The third kappa shape index (κ3) is 2.96. The van der Waals surface area contributed by atoms with E-state index in [0.717, 1.165) is 43.0 Å². The highest BCUT2D eigenvalue weighted by Crippen LogP contribution is 2.43. The normalized spacial score (nSPS) is 11.0. The molecule has 0 aliphatic carbocycles. The first-order chi connectivity index (χ1) is 13.8. The molecule has 0 atom stereocenters. The van der Waals surface area contributed by atoms with Crippen LogP contribution in [0.3, 0.4) is 0 Å². The molecule has 0 spiro atoms. The third-order valence-corrected chi connectivity index (χ3v) is 5.90. The summed E-state index contributed by atoms with van der Waals surface area (Å²) in [5.41, 5.74) is 5.69. The zero-order valence-corrected chi connectivity index (χ0v) is 15.9. The molecule has 1 N–H and O–H groups in total. The van der Waals surface area contributed by atoms with Crippen LogP contribution in [0, 0.1) is 0 Å². The Hall–Kier alpha value is -3.43. The fourth-order valence-electron chi connectivity index (χ4n) is 3.42. The van der Waals surface area contributed by atoms with Gasteiger partial charge in [0, 0.05) is 5.56 Å². The van der Waals surface area contributed by atoms with Gasteiger partial charge in [-0.2, -0.15) is 0 Å². The number of hydrogen-bond donors (Lipinski definition) is 1. The molecule has 3 heteroatoms. The van der Waals surface area contributed by atoms with Crippen LogP contribution in [-0.4, -0.2) is 10.1 Å². The van der Waals surface area contributed by atoms with Crippen molar-refractivity contribution in [1.29, 1.82) is 0 Å². The highest BCUT2D eigenvalue weighted by Gasteiger charge is 2.17. The fraction of sp³-hybridized carbons (Fsp3) is 0. The van der Waals surface area contributed by atoms with Crippen LogP contribution in [0.1, 0.15) is 0 Å². The number of phenols is 1. The molecule has 0 bridgehead atoms. The molecule has 134 valence electrons. The van der Waals surface area contributed by atoms with Crippen LogP contribution in [0.25, 0.3) is 43.0 Å². The molecule has 0 amide bonds. The van der Waals surface area contributed by atoms with Gasteiger partial charge in [-0.05, 0) is 41.0 Å². The summed E-state index contributed by atoms with van der Waals surface area (Å²) in [6.07, 6.45) is 0. The standard InChI is InChI=1S/C25H17NOS/c27-24-20(18-11-5-2-6-12-18)15-19(17-9-3-1-4-10-17)16-21(24)25-26-22-13-7-8-14-23(22)28-25/h1-16,27H. The van der Waals surface area contributed by atoms with Crippen molar-refractivity contribution in [3.05, 3.63) is 97.1 Å². The Morgan fingerprint density at radius 3 is 1.93 bits per heavy atom. The molecule has 0 fully saturated rings. The highest BCUT2D eigenvalue weighted by molar-refractivity contribution is 7.21. The second-order valence-corrected chi connectivity index (χ2v) is 7.67. The molecule has 4 aromatic carbocycles. The lowest BCUT2D eigenvalue weighted by Gasteiger charge is -2.12. The van der Waals surface area contributed by atoms with E-state index < -0.39 is 0 Å². The van der Waals surface area contributed by atoms with Gasteiger partial charge in [0.25, 0.3) is 0 Å². The van der Waals surface area contributed by atoms with E-state index in [2.05, 4.69) is 24.3 Å². The monoisotopic (exact) mass is 379 g/mol. The molecule has 28 heavy (non-hydrogen) atoms. The molecule has 1 aromatic heterocycles. The van der Waals surface area contributed by atoms with Crippen LogP contribution >= 0.6 is 11.3 Å². The Labute approximate surface area is 167 Å². The molecular formula is C25H17NOS. The second kappa shape index (κ2) is 6.95. The van der Waals surface area contributed by atoms with E-state index >= 15 is 0 Å². The highest BCUT2D eigenvalue weighted by atomic mass is 32.1. The topological polar surface area (TPSA) is 33.1 Å². The van der Waals surface area contributed by atoms with Crippen LogP contribution in [0.5, 0.6) is 5.75 Å². The number of benzene rings is 4. The minimum Gasteiger partial charge on any atom is -0.507 e. The van der Waals surface area contributed by atoms with Gasteiger partial charge in [0.1, 0.15) is 10.8 Å². The van der Waals surface area contributed by atoms with Gasteiger partial charge in [-0.15, -0.1) is 11.3 Å². The largest absolute Gasteiger partial charge is 0.507 e. The summed E-state index contributed by atoms with van der Waals surface area (Å²) >= 11 is 1.60. The SMILES string of the molecule is Oc1c(-c2ccccc2)cc(-c2ccccc2)cc1-c1nc2ccccc2s1. The van der Waals surface area contributed by atoms with E-state index in [1.54, 1.807) is 11.3 Å². The summed E-state index contributed by atoms with van der Waals surface area (Å²) in [6, 6.07) is 32.4. The number of aromatic hydroxyl groups is 1. The smallest absolute Gasteiger partial charge is 0.133 e. The minimum atomic E-state index is 0.268.